The summed E-state index contributed by atoms with van der Waals surface area (Å²) in [6.07, 6.45) is 1.16. The highest BCUT2D eigenvalue weighted by atomic mass is 32.2. The summed E-state index contributed by atoms with van der Waals surface area (Å²) >= 11 is 1.67. The van der Waals surface area contributed by atoms with Gasteiger partial charge in [0, 0.05) is 11.3 Å². The molecule has 0 aromatic heterocycles. The van der Waals surface area contributed by atoms with Gasteiger partial charge in [-0.3, -0.25) is 0 Å². The van der Waals surface area contributed by atoms with Gasteiger partial charge in [-0.25, -0.2) is 9.59 Å². The van der Waals surface area contributed by atoms with Gasteiger partial charge < -0.3 is 14.2 Å². The number of aryl methyl sites for hydroxylation is 2. The normalized spacial score (nSPS) is 19.6. The number of hydrogen-bond donors (Lipinski definition) is 0. The van der Waals surface area contributed by atoms with Crippen LogP contribution in [0.25, 0.3) is 0 Å². The molecule has 3 aromatic carbocycles. The van der Waals surface area contributed by atoms with Gasteiger partial charge in [-0.1, -0.05) is 47.5 Å². The second-order valence-corrected chi connectivity index (χ2v) is 9.33. The van der Waals surface area contributed by atoms with Gasteiger partial charge in [-0.05, 0) is 62.1 Å². The van der Waals surface area contributed by atoms with Crippen LogP contribution in [-0.2, 0) is 14.2 Å². The van der Waals surface area contributed by atoms with Gasteiger partial charge in [0.2, 0.25) is 0 Å². The first-order valence-corrected chi connectivity index (χ1v) is 12.5. The maximum atomic E-state index is 12.8. The Bertz CT molecular complexity index is 1120. The van der Waals surface area contributed by atoms with Crippen molar-refractivity contribution in [3.05, 3.63) is 101 Å². The standard InChI is InChI=1S/C28H28O5S/c1-18-4-8-21(9-5-18)27(29)31-17-26-25(33-28(30)22-10-6-19(2)7-11-22)16-24(32-26)20-12-14-23(34-3)15-13-20/h4-15,24-26H,16-17H2,1-3H3/t24-,25+,26-/m1/s1. The molecule has 1 aliphatic heterocycles. The summed E-state index contributed by atoms with van der Waals surface area (Å²) in [5.74, 6) is -0.846. The number of hydrogen-bond acceptors (Lipinski definition) is 6. The van der Waals surface area contributed by atoms with Crippen molar-refractivity contribution >= 4 is 23.7 Å². The summed E-state index contributed by atoms with van der Waals surface area (Å²) in [5.41, 5.74) is 4.08. The van der Waals surface area contributed by atoms with Gasteiger partial charge in [0.1, 0.15) is 18.8 Å². The molecule has 3 aromatic rings. The van der Waals surface area contributed by atoms with Crippen molar-refractivity contribution in [2.45, 2.75) is 43.5 Å². The Kier molecular flexibility index (Phi) is 7.70. The minimum atomic E-state index is -0.561. The maximum absolute atomic E-state index is 12.8. The summed E-state index contributed by atoms with van der Waals surface area (Å²) in [7, 11) is 0. The number of carbonyl (C=O) groups excluding carboxylic acids is 2. The van der Waals surface area contributed by atoms with Crippen molar-refractivity contribution in [2.24, 2.45) is 0 Å². The molecule has 1 aliphatic rings. The lowest BCUT2D eigenvalue weighted by Gasteiger charge is -2.19. The molecule has 0 saturated carbocycles. The van der Waals surface area contributed by atoms with Crippen LogP contribution in [0.2, 0.25) is 0 Å². The Morgan fingerprint density at radius 3 is 1.97 bits per heavy atom. The summed E-state index contributed by atoms with van der Waals surface area (Å²) in [6, 6.07) is 22.6. The molecule has 1 fully saturated rings. The van der Waals surface area contributed by atoms with Gasteiger partial charge in [-0.2, -0.15) is 0 Å². The third-order valence-corrected chi connectivity index (χ3v) is 6.64. The molecule has 6 heteroatoms. The number of esters is 2. The van der Waals surface area contributed by atoms with E-state index in [9.17, 15) is 9.59 Å². The SMILES string of the molecule is CSc1ccc([C@H]2C[C@H](OC(=O)c3ccc(C)cc3)[C@@H](COC(=O)c3ccc(C)cc3)O2)cc1. The Balaban J connectivity index is 1.47. The van der Waals surface area contributed by atoms with Crippen LogP contribution in [0.4, 0.5) is 0 Å². The van der Waals surface area contributed by atoms with Crippen LogP contribution in [0, 0.1) is 13.8 Å². The zero-order valence-electron chi connectivity index (χ0n) is 19.5. The second kappa shape index (κ2) is 10.9. The fourth-order valence-corrected chi connectivity index (χ4v) is 4.25. The molecule has 0 unspecified atom stereocenters. The zero-order valence-corrected chi connectivity index (χ0v) is 20.3. The van der Waals surface area contributed by atoms with Gasteiger partial charge in [-0.15, -0.1) is 11.8 Å². The van der Waals surface area contributed by atoms with Crippen LogP contribution in [0.3, 0.4) is 0 Å². The van der Waals surface area contributed by atoms with Crippen molar-refractivity contribution in [1.82, 2.24) is 0 Å². The molecule has 1 heterocycles. The average molecular weight is 477 g/mol. The molecule has 5 nitrogen and oxygen atoms in total. The van der Waals surface area contributed by atoms with E-state index in [2.05, 4.69) is 0 Å². The molecule has 0 N–H and O–H groups in total. The Morgan fingerprint density at radius 2 is 1.41 bits per heavy atom. The third kappa shape index (κ3) is 5.88. The van der Waals surface area contributed by atoms with E-state index >= 15 is 0 Å². The number of benzene rings is 3. The van der Waals surface area contributed by atoms with Crippen LogP contribution < -0.4 is 0 Å². The topological polar surface area (TPSA) is 61.8 Å². The quantitative estimate of drug-likeness (QED) is 0.311. The van der Waals surface area contributed by atoms with Gasteiger partial charge in [0.25, 0.3) is 0 Å². The molecule has 0 amide bonds. The van der Waals surface area contributed by atoms with Gasteiger partial charge >= 0.3 is 11.9 Å². The van der Waals surface area contributed by atoms with Crippen LogP contribution in [0.1, 0.15) is 49.9 Å². The maximum Gasteiger partial charge on any atom is 0.338 e. The van der Waals surface area contributed by atoms with E-state index in [1.54, 1.807) is 36.0 Å². The molecular formula is C28H28O5S. The highest BCUT2D eigenvalue weighted by Gasteiger charge is 2.39. The minimum Gasteiger partial charge on any atom is -0.459 e. The highest BCUT2D eigenvalue weighted by Crippen LogP contribution is 2.36. The van der Waals surface area contributed by atoms with E-state index in [0.717, 1.165) is 21.6 Å². The van der Waals surface area contributed by atoms with Crippen molar-refractivity contribution < 1.29 is 23.8 Å². The van der Waals surface area contributed by atoms with Crippen molar-refractivity contribution in [3.8, 4) is 0 Å². The van der Waals surface area contributed by atoms with Crippen LogP contribution in [0.5, 0.6) is 0 Å². The molecular weight excluding hydrogens is 448 g/mol. The first-order chi connectivity index (χ1) is 16.4. The predicted molar refractivity (Wildman–Crippen MR) is 132 cm³/mol. The molecule has 0 bridgehead atoms. The van der Waals surface area contributed by atoms with E-state index in [1.165, 1.54) is 0 Å². The first-order valence-electron chi connectivity index (χ1n) is 11.2. The highest BCUT2D eigenvalue weighted by molar-refractivity contribution is 7.98. The average Bonchev–Trinajstić information content (AvgIpc) is 3.25. The minimum absolute atomic E-state index is 0.00203. The molecule has 3 atom stereocenters. The monoisotopic (exact) mass is 476 g/mol. The number of ether oxygens (including phenoxy) is 3. The molecule has 176 valence electrons. The Hall–Kier alpha value is -3.09. The lowest BCUT2D eigenvalue weighted by molar-refractivity contribution is -0.0427. The fraction of sp³-hybridized carbons (Fsp3) is 0.286. The predicted octanol–water partition coefficient (Wildman–Crippen LogP) is 5.94. The number of thioether (sulfide) groups is 1. The van der Waals surface area contributed by atoms with Crippen LogP contribution in [-0.4, -0.2) is 37.0 Å². The summed E-state index contributed by atoms with van der Waals surface area (Å²) < 4.78 is 17.6. The molecule has 0 spiro atoms. The molecule has 34 heavy (non-hydrogen) atoms. The van der Waals surface area contributed by atoms with Crippen molar-refractivity contribution in [3.63, 3.8) is 0 Å². The van der Waals surface area contributed by atoms with E-state index in [-0.39, 0.29) is 12.7 Å². The molecule has 0 aliphatic carbocycles. The van der Waals surface area contributed by atoms with Crippen molar-refractivity contribution in [2.75, 3.05) is 12.9 Å². The van der Waals surface area contributed by atoms with Gasteiger partial charge in [0.15, 0.2) is 0 Å². The lowest BCUT2D eigenvalue weighted by Crippen LogP contribution is -2.32. The van der Waals surface area contributed by atoms with E-state index in [4.69, 9.17) is 14.2 Å². The second-order valence-electron chi connectivity index (χ2n) is 8.45. The number of carbonyl (C=O) groups is 2. The lowest BCUT2D eigenvalue weighted by atomic mass is 10.0. The largest absolute Gasteiger partial charge is 0.459 e. The molecule has 1 saturated heterocycles. The Morgan fingerprint density at radius 1 is 0.853 bits per heavy atom. The summed E-state index contributed by atoms with van der Waals surface area (Å²) in [4.78, 5) is 26.5. The van der Waals surface area contributed by atoms with E-state index in [1.807, 2.05) is 68.6 Å². The molecule has 4 rings (SSSR count). The van der Waals surface area contributed by atoms with Crippen LogP contribution in [0.15, 0.2) is 77.7 Å². The third-order valence-electron chi connectivity index (χ3n) is 5.90. The smallest absolute Gasteiger partial charge is 0.338 e. The summed E-state index contributed by atoms with van der Waals surface area (Å²) in [5, 5.41) is 0. The zero-order chi connectivity index (χ0) is 24.1. The van der Waals surface area contributed by atoms with E-state index < -0.39 is 24.1 Å². The Labute approximate surface area is 204 Å². The van der Waals surface area contributed by atoms with E-state index in [0.29, 0.717) is 17.5 Å². The van der Waals surface area contributed by atoms with Crippen molar-refractivity contribution in [1.29, 1.82) is 0 Å². The summed E-state index contributed by atoms with van der Waals surface area (Å²) in [6.45, 7) is 3.92. The molecule has 0 radical (unpaired) electrons. The first kappa shape index (κ1) is 24.0. The number of rotatable bonds is 7. The fourth-order valence-electron chi connectivity index (χ4n) is 3.85. The van der Waals surface area contributed by atoms with Crippen LogP contribution >= 0.6 is 11.8 Å². The van der Waals surface area contributed by atoms with Gasteiger partial charge in [0.05, 0.1) is 17.2 Å².